The monoisotopic (exact) mass is 612 g/mol. The van der Waals surface area contributed by atoms with Gasteiger partial charge in [-0.1, -0.05) is 133 Å². The van der Waals surface area contributed by atoms with Crippen molar-refractivity contribution >= 4 is 49.6 Å². The van der Waals surface area contributed by atoms with Crippen molar-refractivity contribution in [1.29, 1.82) is 0 Å². The van der Waals surface area contributed by atoms with Crippen LogP contribution in [0.5, 0.6) is 0 Å². The molecule has 0 spiro atoms. The molecule has 2 nitrogen and oxygen atoms in total. The molecule has 8 aromatic carbocycles. The number of anilines is 3. The Hall–Kier alpha value is -6.38. The highest BCUT2D eigenvalue weighted by atomic mass is 15.1. The summed E-state index contributed by atoms with van der Waals surface area (Å²) in [6.07, 6.45) is 0. The highest BCUT2D eigenvalue weighted by Gasteiger charge is 2.17. The molecular weight excluding hydrogens is 581 g/mol. The highest BCUT2D eigenvalue weighted by Crippen LogP contribution is 2.41. The summed E-state index contributed by atoms with van der Waals surface area (Å²) in [7, 11) is 0. The van der Waals surface area contributed by atoms with Crippen LogP contribution in [0.4, 0.5) is 17.1 Å². The number of para-hydroxylation sites is 2. The van der Waals surface area contributed by atoms with E-state index in [9.17, 15) is 0 Å². The molecule has 2 heteroatoms. The molecule has 0 saturated carbocycles. The van der Waals surface area contributed by atoms with Gasteiger partial charge in [-0.15, -0.1) is 0 Å². The topological polar surface area (TPSA) is 8.17 Å². The minimum atomic E-state index is 1.11. The first-order valence-corrected chi connectivity index (χ1v) is 16.4. The largest absolute Gasteiger partial charge is 0.310 e. The lowest BCUT2D eigenvalue weighted by atomic mass is 9.99. The Balaban J connectivity index is 1.17. The maximum atomic E-state index is 2.38. The first kappa shape index (κ1) is 27.9. The lowest BCUT2D eigenvalue weighted by Gasteiger charge is -2.26. The molecule has 0 aliphatic carbocycles. The Labute approximate surface area is 280 Å². The van der Waals surface area contributed by atoms with E-state index >= 15 is 0 Å². The molecule has 9 aromatic rings. The normalized spacial score (nSPS) is 11.3. The summed E-state index contributed by atoms with van der Waals surface area (Å²) < 4.78 is 2.38. The van der Waals surface area contributed by atoms with Gasteiger partial charge >= 0.3 is 0 Å². The van der Waals surface area contributed by atoms with E-state index in [1.54, 1.807) is 0 Å². The molecule has 1 heterocycles. The van der Waals surface area contributed by atoms with Crippen molar-refractivity contribution in [1.82, 2.24) is 4.57 Å². The maximum absolute atomic E-state index is 2.38. The molecule has 9 rings (SSSR count). The fraction of sp³-hybridized carbons (Fsp3) is 0. The Kier molecular flexibility index (Phi) is 6.84. The smallest absolute Gasteiger partial charge is 0.0547 e. The SMILES string of the molecule is c1ccc(-c2ccc(N(c3ccc(-c4cccc5c4c4ccccc4n5-c4ccccc4)cc3)c3ccc4ccccc4c3)cc2)cc1. The van der Waals surface area contributed by atoms with Crippen LogP contribution in [0.3, 0.4) is 0 Å². The fourth-order valence-electron chi connectivity index (χ4n) is 7.10. The van der Waals surface area contributed by atoms with Crippen LogP contribution >= 0.6 is 0 Å². The number of fused-ring (bicyclic) bond motifs is 4. The van der Waals surface area contributed by atoms with Crippen LogP contribution in [-0.2, 0) is 0 Å². The number of hydrogen-bond acceptors (Lipinski definition) is 1. The fourth-order valence-corrected chi connectivity index (χ4v) is 7.10. The van der Waals surface area contributed by atoms with Crippen molar-refractivity contribution in [3.05, 3.63) is 194 Å². The van der Waals surface area contributed by atoms with E-state index in [1.165, 1.54) is 60.5 Å². The average Bonchev–Trinajstić information content (AvgIpc) is 3.51. The molecule has 0 unspecified atom stereocenters. The van der Waals surface area contributed by atoms with Gasteiger partial charge in [0.15, 0.2) is 0 Å². The molecule has 0 N–H and O–H groups in total. The van der Waals surface area contributed by atoms with E-state index in [0.717, 1.165) is 17.1 Å². The van der Waals surface area contributed by atoms with Gasteiger partial charge in [-0.2, -0.15) is 0 Å². The second kappa shape index (κ2) is 11.8. The van der Waals surface area contributed by atoms with Gasteiger partial charge in [0.1, 0.15) is 0 Å². The van der Waals surface area contributed by atoms with Crippen molar-refractivity contribution in [3.63, 3.8) is 0 Å². The predicted molar refractivity (Wildman–Crippen MR) is 204 cm³/mol. The lowest BCUT2D eigenvalue weighted by Crippen LogP contribution is -2.09. The number of aromatic nitrogens is 1. The Morgan fingerprint density at radius 2 is 0.917 bits per heavy atom. The molecule has 0 aliphatic rings. The molecular formula is C46H32N2. The van der Waals surface area contributed by atoms with Gasteiger partial charge in [0.2, 0.25) is 0 Å². The summed E-state index contributed by atoms with van der Waals surface area (Å²) >= 11 is 0. The second-order valence-electron chi connectivity index (χ2n) is 12.2. The van der Waals surface area contributed by atoms with Gasteiger partial charge in [0.05, 0.1) is 11.0 Å². The quantitative estimate of drug-likeness (QED) is 0.181. The van der Waals surface area contributed by atoms with E-state index in [2.05, 4.69) is 204 Å². The molecule has 226 valence electrons. The van der Waals surface area contributed by atoms with Gasteiger partial charge < -0.3 is 9.47 Å². The van der Waals surface area contributed by atoms with Gasteiger partial charge in [0.25, 0.3) is 0 Å². The Bertz CT molecular complexity index is 2530. The van der Waals surface area contributed by atoms with E-state index < -0.39 is 0 Å². The van der Waals surface area contributed by atoms with Crippen molar-refractivity contribution in [2.45, 2.75) is 0 Å². The third kappa shape index (κ3) is 4.83. The zero-order valence-electron chi connectivity index (χ0n) is 26.4. The number of benzene rings is 8. The number of nitrogens with zero attached hydrogens (tertiary/aromatic N) is 2. The van der Waals surface area contributed by atoms with E-state index in [1.807, 2.05) is 0 Å². The Morgan fingerprint density at radius 3 is 1.67 bits per heavy atom. The number of hydrogen-bond donors (Lipinski definition) is 0. The molecule has 0 aliphatic heterocycles. The van der Waals surface area contributed by atoms with Crippen molar-refractivity contribution in [3.8, 4) is 27.9 Å². The molecule has 0 radical (unpaired) electrons. The molecule has 0 bridgehead atoms. The van der Waals surface area contributed by atoms with Crippen LogP contribution in [0.25, 0.3) is 60.5 Å². The molecule has 1 aromatic heterocycles. The molecule has 0 fully saturated rings. The van der Waals surface area contributed by atoms with Crippen molar-refractivity contribution in [2.75, 3.05) is 4.90 Å². The summed E-state index contributed by atoms with van der Waals surface area (Å²) in [5.41, 5.74) is 11.8. The van der Waals surface area contributed by atoms with E-state index in [4.69, 9.17) is 0 Å². The zero-order valence-corrected chi connectivity index (χ0v) is 26.4. The predicted octanol–water partition coefficient (Wildman–Crippen LogP) is 12.7. The van der Waals surface area contributed by atoms with E-state index in [-0.39, 0.29) is 0 Å². The Morgan fingerprint density at radius 1 is 0.354 bits per heavy atom. The minimum Gasteiger partial charge on any atom is -0.310 e. The van der Waals surface area contributed by atoms with Gasteiger partial charge in [-0.05, 0) is 93.7 Å². The number of rotatable bonds is 6. The van der Waals surface area contributed by atoms with Gasteiger partial charge in [-0.3, -0.25) is 0 Å². The molecule has 0 saturated heterocycles. The average molecular weight is 613 g/mol. The summed E-state index contributed by atoms with van der Waals surface area (Å²) in [5, 5.41) is 4.98. The molecule has 0 amide bonds. The molecule has 48 heavy (non-hydrogen) atoms. The van der Waals surface area contributed by atoms with Crippen LogP contribution in [0.1, 0.15) is 0 Å². The third-order valence-corrected chi connectivity index (χ3v) is 9.37. The van der Waals surface area contributed by atoms with Crippen LogP contribution in [0, 0.1) is 0 Å². The van der Waals surface area contributed by atoms with Crippen molar-refractivity contribution < 1.29 is 0 Å². The van der Waals surface area contributed by atoms with Gasteiger partial charge in [-0.25, -0.2) is 0 Å². The van der Waals surface area contributed by atoms with Gasteiger partial charge in [0, 0.05) is 33.5 Å². The third-order valence-electron chi connectivity index (χ3n) is 9.37. The van der Waals surface area contributed by atoms with Crippen LogP contribution < -0.4 is 4.90 Å². The summed E-state index contributed by atoms with van der Waals surface area (Å²) in [5.74, 6) is 0. The van der Waals surface area contributed by atoms with Crippen molar-refractivity contribution in [2.24, 2.45) is 0 Å². The van der Waals surface area contributed by atoms with Crippen LogP contribution in [0.2, 0.25) is 0 Å². The first-order valence-electron chi connectivity index (χ1n) is 16.4. The van der Waals surface area contributed by atoms with Crippen LogP contribution in [0.15, 0.2) is 194 Å². The lowest BCUT2D eigenvalue weighted by molar-refractivity contribution is 1.18. The standard InChI is InChI=1S/C46H32N2/c1-3-12-33(13-4-1)35-22-27-39(28-23-35)47(41-31-24-34-14-7-8-15-37(34)32-41)40-29-25-36(26-30-40)42-19-11-21-45-46(42)43-18-9-10-20-44(43)48(45)38-16-5-2-6-17-38/h1-32H. The molecule has 0 atom stereocenters. The maximum Gasteiger partial charge on any atom is 0.0547 e. The van der Waals surface area contributed by atoms with Crippen LogP contribution in [-0.4, -0.2) is 4.57 Å². The summed E-state index contributed by atoms with van der Waals surface area (Å²) in [6, 6.07) is 69.8. The second-order valence-corrected chi connectivity index (χ2v) is 12.2. The first-order chi connectivity index (χ1) is 23.8. The minimum absolute atomic E-state index is 1.11. The zero-order chi connectivity index (χ0) is 31.9. The highest BCUT2D eigenvalue weighted by molar-refractivity contribution is 6.15. The summed E-state index contributed by atoms with van der Waals surface area (Å²) in [4.78, 5) is 2.35. The summed E-state index contributed by atoms with van der Waals surface area (Å²) in [6.45, 7) is 0. The van der Waals surface area contributed by atoms with E-state index in [0.29, 0.717) is 0 Å².